The summed E-state index contributed by atoms with van der Waals surface area (Å²) in [5.74, 6) is -6.66. The van der Waals surface area contributed by atoms with Crippen molar-refractivity contribution in [3.8, 4) is 0 Å². The molecule has 0 radical (unpaired) electrons. The number of nitrogens with one attached hydrogen (secondary N) is 4. The molecule has 0 unspecified atom stereocenters. The first-order valence-corrected chi connectivity index (χ1v) is 15.3. The first kappa shape index (κ1) is 40.5. The molecule has 0 aliphatic carbocycles. The van der Waals surface area contributed by atoms with Crippen molar-refractivity contribution in [3.05, 3.63) is 81.9 Å². The number of benzene rings is 3. The molecule has 0 spiro atoms. The van der Waals surface area contributed by atoms with E-state index in [1.54, 1.807) is 0 Å². The standard InChI is InChI=1S/C34H31ClN6O12/c1-16(42)27(40-38-25-13-18(31(46)50-3)7-10-21(25)33(48)52-5)29(44)36-20-9-12-24(23(35)15-20)37-30(45)28(17(2)43)41-39-26-14-19(32(47)51-4)8-11-22(26)34(49)53-6/h7-15,38-39H,1-6H3,(H,36,44)(H,37,45)/b40-27+,41-28+. The van der Waals surface area contributed by atoms with E-state index in [1.165, 1.54) is 54.6 Å². The number of esters is 4. The summed E-state index contributed by atoms with van der Waals surface area (Å²) in [6.07, 6.45) is 0. The van der Waals surface area contributed by atoms with Crippen LogP contribution in [0.25, 0.3) is 0 Å². The zero-order chi connectivity index (χ0) is 39.4. The molecule has 3 aromatic rings. The highest BCUT2D eigenvalue weighted by atomic mass is 35.5. The van der Waals surface area contributed by atoms with Crippen LogP contribution in [-0.2, 0) is 38.1 Å². The molecule has 3 aromatic carbocycles. The van der Waals surface area contributed by atoms with E-state index in [0.717, 1.165) is 42.3 Å². The molecular weight excluding hydrogens is 720 g/mol. The largest absolute Gasteiger partial charge is 0.465 e. The van der Waals surface area contributed by atoms with E-state index in [0.29, 0.717) is 0 Å². The van der Waals surface area contributed by atoms with Crippen LogP contribution in [0.1, 0.15) is 55.3 Å². The van der Waals surface area contributed by atoms with E-state index in [2.05, 4.69) is 41.2 Å². The Bertz CT molecular complexity index is 2080. The molecule has 0 saturated heterocycles. The number of amides is 2. The van der Waals surface area contributed by atoms with Crippen molar-refractivity contribution in [2.75, 3.05) is 49.9 Å². The van der Waals surface area contributed by atoms with Gasteiger partial charge in [-0.1, -0.05) is 11.6 Å². The molecule has 0 atom stereocenters. The third-order valence-corrected chi connectivity index (χ3v) is 7.15. The van der Waals surface area contributed by atoms with Gasteiger partial charge in [-0.15, -0.1) is 0 Å². The van der Waals surface area contributed by atoms with Crippen molar-refractivity contribution in [1.29, 1.82) is 0 Å². The van der Waals surface area contributed by atoms with Gasteiger partial charge in [0.15, 0.2) is 23.0 Å². The van der Waals surface area contributed by atoms with Crippen LogP contribution in [0.4, 0.5) is 22.7 Å². The highest BCUT2D eigenvalue weighted by Crippen LogP contribution is 2.26. The second-order valence-electron chi connectivity index (χ2n) is 10.3. The van der Waals surface area contributed by atoms with Crippen LogP contribution in [0, 0.1) is 0 Å². The maximum absolute atomic E-state index is 13.1. The Kier molecular flexibility index (Phi) is 14.0. The third-order valence-electron chi connectivity index (χ3n) is 6.84. The Labute approximate surface area is 305 Å². The number of hydrogen-bond acceptors (Lipinski definition) is 16. The zero-order valence-corrected chi connectivity index (χ0v) is 29.6. The summed E-state index contributed by atoms with van der Waals surface area (Å²) < 4.78 is 18.8. The van der Waals surface area contributed by atoms with Crippen LogP contribution < -0.4 is 21.5 Å². The van der Waals surface area contributed by atoms with Gasteiger partial charge in [0.1, 0.15) is 0 Å². The molecule has 0 aliphatic heterocycles. The lowest BCUT2D eigenvalue weighted by Crippen LogP contribution is -2.30. The van der Waals surface area contributed by atoms with E-state index in [9.17, 15) is 38.4 Å². The molecule has 18 nitrogen and oxygen atoms in total. The number of methoxy groups -OCH3 is 4. The molecule has 0 aromatic heterocycles. The van der Waals surface area contributed by atoms with Crippen molar-refractivity contribution < 1.29 is 57.3 Å². The Hall–Kier alpha value is -6.95. The first-order chi connectivity index (χ1) is 25.1. The van der Waals surface area contributed by atoms with Crippen molar-refractivity contribution in [1.82, 2.24) is 0 Å². The number of carbonyl (C=O) groups excluding carboxylic acids is 8. The van der Waals surface area contributed by atoms with Gasteiger partial charge in [0.25, 0.3) is 11.8 Å². The molecule has 0 bridgehead atoms. The summed E-state index contributed by atoms with van der Waals surface area (Å²) in [4.78, 5) is 99.4. The smallest absolute Gasteiger partial charge is 0.340 e. The summed E-state index contributed by atoms with van der Waals surface area (Å²) in [6, 6.07) is 11.4. The van der Waals surface area contributed by atoms with Crippen molar-refractivity contribution in [2.45, 2.75) is 13.8 Å². The maximum Gasteiger partial charge on any atom is 0.340 e. The summed E-state index contributed by atoms with van der Waals surface area (Å²) in [6.45, 7) is 2.12. The fraction of sp³-hybridized carbons (Fsp3) is 0.176. The van der Waals surface area contributed by atoms with E-state index >= 15 is 0 Å². The number of rotatable bonds is 14. The number of ether oxygens (including phenoxy) is 4. The van der Waals surface area contributed by atoms with Crippen LogP contribution in [0.5, 0.6) is 0 Å². The lowest BCUT2D eigenvalue weighted by molar-refractivity contribution is -0.116. The van der Waals surface area contributed by atoms with Crippen LogP contribution in [0.15, 0.2) is 64.8 Å². The molecule has 0 saturated carbocycles. The fourth-order valence-corrected chi connectivity index (χ4v) is 4.44. The zero-order valence-electron chi connectivity index (χ0n) is 28.9. The molecular formula is C34H31ClN6O12. The average molecular weight is 751 g/mol. The van der Waals surface area contributed by atoms with Crippen LogP contribution in [0.3, 0.4) is 0 Å². The molecule has 0 fully saturated rings. The Morgan fingerprint density at radius 1 is 0.528 bits per heavy atom. The van der Waals surface area contributed by atoms with Crippen molar-refractivity contribution in [3.63, 3.8) is 0 Å². The number of halogens is 1. The minimum absolute atomic E-state index is 0.0190. The molecule has 4 N–H and O–H groups in total. The normalized spacial score (nSPS) is 11.0. The second kappa shape index (κ2) is 18.3. The average Bonchev–Trinajstić information content (AvgIpc) is 3.14. The molecule has 276 valence electrons. The van der Waals surface area contributed by atoms with Gasteiger partial charge in [-0.2, -0.15) is 10.2 Å². The Morgan fingerprint density at radius 3 is 1.32 bits per heavy atom. The number of anilines is 4. The van der Waals surface area contributed by atoms with E-state index in [1.807, 2.05) is 0 Å². The van der Waals surface area contributed by atoms with Crippen molar-refractivity contribution >= 4 is 93.0 Å². The fourth-order valence-electron chi connectivity index (χ4n) is 4.22. The lowest BCUT2D eigenvalue weighted by Gasteiger charge is -2.12. The van der Waals surface area contributed by atoms with Gasteiger partial charge in [-0.05, 0) is 54.6 Å². The van der Waals surface area contributed by atoms with E-state index in [4.69, 9.17) is 21.1 Å². The molecule has 0 aliphatic rings. The molecule has 19 heteroatoms. The van der Waals surface area contributed by atoms with Gasteiger partial charge < -0.3 is 29.6 Å². The minimum Gasteiger partial charge on any atom is -0.465 e. The summed E-state index contributed by atoms with van der Waals surface area (Å²) in [7, 11) is 4.57. The third kappa shape index (κ3) is 10.3. The van der Waals surface area contributed by atoms with Gasteiger partial charge in [0.2, 0.25) is 0 Å². The van der Waals surface area contributed by atoms with Gasteiger partial charge in [0.05, 0.1) is 72.8 Å². The summed E-state index contributed by atoms with van der Waals surface area (Å²) in [5, 5.41) is 12.4. The number of hydrogen-bond donors (Lipinski definition) is 4. The number of hydrazone groups is 2. The monoisotopic (exact) mass is 750 g/mol. The Balaban J connectivity index is 1.83. The molecule has 3 rings (SSSR count). The lowest BCUT2D eigenvalue weighted by atomic mass is 10.1. The number of carbonyl (C=O) groups is 8. The van der Waals surface area contributed by atoms with E-state index in [-0.39, 0.29) is 50.0 Å². The predicted molar refractivity (Wildman–Crippen MR) is 190 cm³/mol. The van der Waals surface area contributed by atoms with Gasteiger partial charge in [-0.3, -0.25) is 30.0 Å². The molecule has 53 heavy (non-hydrogen) atoms. The quantitative estimate of drug-likeness (QED) is 0.0606. The maximum atomic E-state index is 13.1. The van der Waals surface area contributed by atoms with E-state index < -0.39 is 58.7 Å². The van der Waals surface area contributed by atoms with Crippen LogP contribution in [-0.4, -0.2) is 87.1 Å². The summed E-state index contributed by atoms with van der Waals surface area (Å²) in [5.41, 5.74) is 3.39. The molecule has 2 amide bonds. The van der Waals surface area contributed by atoms with Gasteiger partial charge in [0, 0.05) is 19.5 Å². The van der Waals surface area contributed by atoms with Gasteiger partial charge in [-0.25, -0.2) is 19.2 Å². The number of ketones is 2. The second-order valence-corrected chi connectivity index (χ2v) is 10.8. The SMILES string of the molecule is COC(=O)c1ccc(C(=O)OC)c(N/N=C(\C(C)=O)C(=O)Nc2ccc(NC(=O)/C(=N/Nc3cc(C(=O)OC)ccc3C(=O)OC)C(C)=O)c(Cl)c2)c1. The highest BCUT2D eigenvalue weighted by molar-refractivity contribution is 6.68. The highest BCUT2D eigenvalue weighted by Gasteiger charge is 2.23. The minimum atomic E-state index is -1.02. The van der Waals surface area contributed by atoms with Crippen molar-refractivity contribution in [2.24, 2.45) is 10.2 Å². The topological polar surface area (TPSA) is 246 Å². The summed E-state index contributed by atoms with van der Waals surface area (Å²) >= 11 is 6.35. The first-order valence-electron chi connectivity index (χ1n) is 14.9. The Morgan fingerprint density at radius 2 is 0.943 bits per heavy atom. The molecule has 0 heterocycles. The number of nitrogens with zero attached hydrogens (tertiary/aromatic N) is 2. The van der Waals surface area contributed by atoms with Crippen LogP contribution in [0.2, 0.25) is 5.02 Å². The van der Waals surface area contributed by atoms with Crippen LogP contribution >= 0.6 is 11.6 Å². The number of Topliss-reactive ketones (excluding diaryl/α,β-unsaturated/α-hetero) is 2. The van der Waals surface area contributed by atoms with Gasteiger partial charge >= 0.3 is 23.9 Å². The predicted octanol–water partition coefficient (Wildman–Crippen LogP) is 3.48.